The minimum Gasteiger partial charge on any atom is -0.462 e. The Hall–Kier alpha value is -3.67. The van der Waals surface area contributed by atoms with Crippen LogP contribution in [0, 0.1) is 0 Å². The van der Waals surface area contributed by atoms with Crippen LogP contribution < -0.4 is 0 Å². The predicted octanol–water partition coefficient (Wildman–Crippen LogP) is 20.9. The highest BCUT2D eigenvalue weighted by molar-refractivity contribution is 5.71. The third kappa shape index (κ3) is 59.1. The van der Waals surface area contributed by atoms with E-state index in [9.17, 15) is 14.4 Å². The van der Waals surface area contributed by atoms with Crippen LogP contribution in [0.4, 0.5) is 0 Å². The zero-order chi connectivity index (χ0) is 52.9. The van der Waals surface area contributed by atoms with E-state index >= 15 is 0 Å². The van der Waals surface area contributed by atoms with Crippen molar-refractivity contribution in [1.29, 1.82) is 0 Å². The molecule has 1 atom stereocenters. The molecule has 0 heterocycles. The molecule has 0 fully saturated rings. The standard InChI is InChI=1S/C67H114O6/c1-4-7-10-13-16-19-22-24-26-28-30-32-34-36-37-39-41-43-45-48-51-54-57-60-66(69)72-63-64(62-71-65(68)59-56-53-50-47-21-18-15-12-9-6-3)73-67(70)61-58-55-52-49-46-44-42-40-38-35-33-31-29-27-25-23-20-17-14-11-8-5-2/h7,10,12,15-16,19,24,26,30,32,36-37,41,43,48,51,64H,4-6,8-9,11,13-14,17-18,20-23,25,27-29,31,33-35,38-40,42,44-47,49-50,52-63H2,1-3H3/b10-7-,15-12-,19-16-,26-24-,32-30-,37-36-,43-41-,51-48-. The Morgan fingerprint density at radius 3 is 0.959 bits per heavy atom. The Morgan fingerprint density at radius 1 is 0.288 bits per heavy atom. The summed E-state index contributed by atoms with van der Waals surface area (Å²) in [6.07, 6.45) is 81.4. The van der Waals surface area contributed by atoms with Crippen molar-refractivity contribution in [3.05, 3.63) is 97.2 Å². The molecule has 0 aromatic heterocycles. The molecule has 73 heavy (non-hydrogen) atoms. The molecule has 0 bridgehead atoms. The van der Waals surface area contributed by atoms with Crippen LogP contribution in [-0.4, -0.2) is 37.2 Å². The molecule has 1 unspecified atom stereocenters. The van der Waals surface area contributed by atoms with Crippen LogP contribution in [0.25, 0.3) is 0 Å². The number of carbonyl (C=O) groups is 3. The number of unbranched alkanes of at least 4 members (excludes halogenated alkanes) is 28. The van der Waals surface area contributed by atoms with Crippen LogP contribution in [-0.2, 0) is 28.6 Å². The lowest BCUT2D eigenvalue weighted by Gasteiger charge is -2.18. The predicted molar refractivity (Wildman–Crippen MR) is 316 cm³/mol. The molecule has 0 radical (unpaired) electrons. The maximum absolute atomic E-state index is 12.9. The molecular weight excluding hydrogens is 901 g/mol. The van der Waals surface area contributed by atoms with Gasteiger partial charge in [0.05, 0.1) is 0 Å². The summed E-state index contributed by atoms with van der Waals surface area (Å²) in [4.78, 5) is 38.1. The second-order valence-electron chi connectivity index (χ2n) is 20.2. The van der Waals surface area contributed by atoms with Crippen molar-refractivity contribution < 1.29 is 28.6 Å². The minimum absolute atomic E-state index is 0.0986. The Kier molecular flexibility index (Phi) is 57.8. The number of hydrogen-bond donors (Lipinski definition) is 0. The molecule has 418 valence electrons. The number of allylic oxidation sites excluding steroid dienone is 16. The van der Waals surface area contributed by atoms with Gasteiger partial charge in [-0.15, -0.1) is 0 Å². The van der Waals surface area contributed by atoms with Gasteiger partial charge in [-0.3, -0.25) is 14.4 Å². The van der Waals surface area contributed by atoms with Gasteiger partial charge >= 0.3 is 17.9 Å². The maximum atomic E-state index is 12.9. The molecule has 0 amide bonds. The first-order valence-corrected chi connectivity index (χ1v) is 30.7. The van der Waals surface area contributed by atoms with E-state index in [0.29, 0.717) is 19.3 Å². The van der Waals surface area contributed by atoms with Gasteiger partial charge in [-0.05, 0) is 89.9 Å². The Balaban J connectivity index is 4.36. The largest absolute Gasteiger partial charge is 0.462 e. The van der Waals surface area contributed by atoms with Crippen molar-refractivity contribution in [2.24, 2.45) is 0 Å². The van der Waals surface area contributed by atoms with Gasteiger partial charge in [0.25, 0.3) is 0 Å². The third-order valence-corrected chi connectivity index (χ3v) is 13.1. The molecule has 0 saturated heterocycles. The van der Waals surface area contributed by atoms with Crippen molar-refractivity contribution in [2.45, 2.75) is 297 Å². The summed E-state index contributed by atoms with van der Waals surface area (Å²) >= 11 is 0. The second kappa shape index (κ2) is 60.9. The summed E-state index contributed by atoms with van der Waals surface area (Å²) < 4.78 is 16.8. The number of ether oxygens (including phenoxy) is 3. The van der Waals surface area contributed by atoms with Gasteiger partial charge in [-0.2, -0.15) is 0 Å². The summed E-state index contributed by atoms with van der Waals surface area (Å²) in [6.45, 7) is 6.43. The smallest absolute Gasteiger partial charge is 0.306 e. The molecule has 0 aliphatic heterocycles. The first kappa shape index (κ1) is 69.3. The van der Waals surface area contributed by atoms with E-state index in [1.807, 2.05) is 0 Å². The number of esters is 3. The van der Waals surface area contributed by atoms with Crippen molar-refractivity contribution in [3.63, 3.8) is 0 Å². The highest BCUT2D eigenvalue weighted by Gasteiger charge is 2.19. The first-order chi connectivity index (χ1) is 36.0. The van der Waals surface area contributed by atoms with Crippen molar-refractivity contribution in [3.8, 4) is 0 Å². The van der Waals surface area contributed by atoms with Crippen LogP contribution in [0.2, 0.25) is 0 Å². The lowest BCUT2D eigenvalue weighted by Crippen LogP contribution is -2.30. The van der Waals surface area contributed by atoms with Gasteiger partial charge in [0.15, 0.2) is 6.10 Å². The molecule has 0 aliphatic rings. The SMILES string of the molecule is CC/C=C\C/C=C\C/C=C\C/C=C\C/C=C\C/C=C\C/C=C\CCCC(=O)OCC(COC(=O)CCCCCCC/C=C\CCC)OC(=O)CCCCCCCCCCCCCCCCCCCCCCCC. The van der Waals surface area contributed by atoms with Crippen LogP contribution in [0.5, 0.6) is 0 Å². The lowest BCUT2D eigenvalue weighted by atomic mass is 10.0. The fraction of sp³-hybridized carbons (Fsp3) is 0.716. The number of rotatable bonds is 55. The van der Waals surface area contributed by atoms with E-state index in [2.05, 4.69) is 118 Å². The highest BCUT2D eigenvalue weighted by Crippen LogP contribution is 2.17. The summed E-state index contributed by atoms with van der Waals surface area (Å²) in [7, 11) is 0. The monoisotopic (exact) mass is 1010 g/mol. The number of carbonyl (C=O) groups excluding carboxylic acids is 3. The van der Waals surface area contributed by atoms with E-state index in [1.54, 1.807) is 0 Å². The normalized spacial score (nSPS) is 12.8. The van der Waals surface area contributed by atoms with Crippen molar-refractivity contribution >= 4 is 17.9 Å². The van der Waals surface area contributed by atoms with Gasteiger partial charge in [0.1, 0.15) is 13.2 Å². The topological polar surface area (TPSA) is 78.9 Å². The molecule has 0 saturated carbocycles. The molecule has 0 aromatic carbocycles. The Labute approximate surface area is 451 Å². The molecule has 6 nitrogen and oxygen atoms in total. The zero-order valence-corrected chi connectivity index (χ0v) is 47.9. The summed E-state index contributed by atoms with van der Waals surface area (Å²) in [5.41, 5.74) is 0. The van der Waals surface area contributed by atoms with E-state index in [0.717, 1.165) is 109 Å². The van der Waals surface area contributed by atoms with Crippen molar-refractivity contribution in [1.82, 2.24) is 0 Å². The van der Waals surface area contributed by atoms with Gasteiger partial charge < -0.3 is 14.2 Å². The van der Waals surface area contributed by atoms with Crippen molar-refractivity contribution in [2.75, 3.05) is 13.2 Å². The molecule has 0 aromatic rings. The first-order valence-electron chi connectivity index (χ1n) is 30.7. The summed E-state index contributed by atoms with van der Waals surface area (Å²) in [5, 5.41) is 0. The fourth-order valence-corrected chi connectivity index (χ4v) is 8.49. The fourth-order valence-electron chi connectivity index (χ4n) is 8.49. The van der Waals surface area contributed by atoms with Gasteiger partial charge in [-0.1, -0.05) is 279 Å². The van der Waals surface area contributed by atoms with E-state index in [4.69, 9.17) is 14.2 Å². The van der Waals surface area contributed by atoms with Gasteiger partial charge in [-0.25, -0.2) is 0 Å². The van der Waals surface area contributed by atoms with Gasteiger partial charge in [0, 0.05) is 19.3 Å². The number of hydrogen-bond acceptors (Lipinski definition) is 6. The molecule has 0 N–H and O–H groups in total. The van der Waals surface area contributed by atoms with Crippen LogP contribution in [0.3, 0.4) is 0 Å². The van der Waals surface area contributed by atoms with E-state index in [1.165, 1.54) is 135 Å². The average Bonchev–Trinajstić information content (AvgIpc) is 3.39. The van der Waals surface area contributed by atoms with Crippen LogP contribution in [0.15, 0.2) is 97.2 Å². The third-order valence-electron chi connectivity index (χ3n) is 13.1. The molecule has 0 rings (SSSR count). The molecule has 0 aliphatic carbocycles. The summed E-state index contributed by atoms with van der Waals surface area (Å²) in [5.74, 6) is -0.963. The minimum atomic E-state index is -0.804. The zero-order valence-electron chi connectivity index (χ0n) is 47.9. The Morgan fingerprint density at radius 2 is 0.575 bits per heavy atom. The molecule has 0 spiro atoms. The quantitative estimate of drug-likeness (QED) is 0.0261. The van der Waals surface area contributed by atoms with Crippen LogP contribution >= 0.6 is 0 Å². The van der Waals surface area contributed by atoms with Gasteiger partial charge in [0.2, 0.25) is 0 Å². The van der Waals surface area contributed by atoms with Crippen LogP contribution in [0.1, 0.15) is 290 Å². The average molecular weight is 1020 g/mol. The highest BCUT2D eigenvalue weighted by atomic mass is 16.6. The second-order valence-corrected chi connectivity index (χ2v) is 20.2. The Bertz CT molecular complexity index is 1440. The lowest BCUT2D eigenvalue weighted by molar-refractivity contribution is -0.167. The maximum Gasteiger partial charge on any atom is 0.306 e. The van der Waals surface area contributed by atoms with E-state index in [-0.39, 0.29) is 37.5 Å². The summed E-state index contributed by atoms with van der Waals surface area (Å²) in [6, 6.07) is 0. The molecular formula is C67H114O6. The van der Waals surface area contributed by atoms with E-state index < -0.39 is 6.10 Å². The molecule has 6 heteroatoms.